The van der Waals surface area contributed by atoms with Crippen molar-refractivity contribution in [2.45, 2.75) is 26.8 Å². The van der Waals surface area contributed by atoms with Crippen LogP contribution in [0.1, 0.15) is 24.7 Å². The SMILES string of the molecule is CCCN(CC(=O)O)Cc1c(Br)c(C)nn1C. The molecule has 96 valence electrons. The Morgan fingerprint density at radius 3 is 2.65 bits per heavy atom. The Morgan fingerprint density at radius 2 is 2.24 bits per heavy atom. The van der Waals surface area contributed by atoms with Crippen molar-refractivity contribution in [3.63, 3.8) is 0 Å². The number of carboxylic acid groups (broad SMARTS) is 1. The molecule has 1 rings (SSSR count). The lowest BCUT2D eigenvalue weighted by Crippen LogP contribution is -2.31. The van der Waals surface area contributed by atoms with Crippen LogP contribution in [0.15, 0.2) is 4.47 Å². The van der Waals surface area contributed by atoms with Crippen LogP contribution >= 0.6 is 15.9 Å². The second-order valence-electron chi connectivity index (χ2n) is 4.07. The van der Waals surface area contributed by atoms with Crippen LogP contribution in [0.4, 0.5) is 0 Å². The molecule has 0 spiro atoms. The zero-order chi connectivity index (χ0) is 13.0. The van der Waals surface area contributed by atoms with Gasteiger partial charge in [0.1, 0.15) is 0 Å². The summed E-state index contributed by atoms with van der Waals surface area (Å²) in [4.78, 5) is 12.7. The first-order chi connectivity index (χ1) is 7.95. The molecule has 0 aliphatic carbocycles. The highest BCUT2D eigenvalue weighted by Crippen LogP contribution is 2.21. The molecule has 0 saturated heterocycles. The molecule has 0 unspecified atom stereocenters. The third kappa shape index (κ3) is 3.81. The molecule has 0 aliphatic heterocycles. The third-order valence-electron chi connectivity index (χ3n) is 2.53. The second kappa shape index (κ2) is 6.16. The monoisotopic (exact) mass is 303 g/mol. The summed E-state index contributed by atoms with van der Waals surface area (Å²) in [6.07, 6.45) is 0.932. The molecule has 1 aromatic heterocycles. The molecule has 0 aromatic carbocycles. The van der Waals surface area contributed by atoms with Crippen LogP contribution in [-0.2, 0) is 18.4 Å². The summed E-state index contributed by atoms with van der Waals surface area (Å²) in [5.74, 6) is -0.798. The quantitative estimate of drug-likeness (QED) is 0.870. The van der Waals surface area contributed by atoms with Crippen LogP contribution in [0.25, 0.3) is 0 Å². The van der Waals surface area contributed by atoms with Crippen molar-refractivity contribution in [1.29, 1.82) is 0 Å². The first-order valence-electron chi connectivity index (χ1n) is 5.57. The summed E-state index contributed by atoms with van der Waals surface area (Å²) in [5.41, 5.74) is 1.94. The van der Waals surface area contributed by atoms with Crippen LogP contribution in [0.5, 0.6) is 0 Å². The number of rotatable bonds is 6. The van der Waals surface area contributed by atoms with Gasteiger partial charge in [-0.1, -0.05) is 6.92 Å². The molecule has 0 amide bonds. The molecule has 1 N–H and O–H groups in total. The Kier molecular flexibility index (Phi) is 5.14. The maximum atomic E-state index is 10.8. The fourth-order valence-electron chi connectivity index (χ4n) is 1.79. The normalized spacial score (nSPS) is 11.1. The lowest BCUT2D eigenvalue weighted by atomic mass is 10.3. The Morgan fingerprint density at radius 1 is 1.59 bits per heavy atom. The Balaban J connectivity index is 2.81. The minimum Gasteiger partial charge on any atom is -0.480 e. The number of aryl methyl sites for hydroxylation is 2. The number of carboxylic acids is 1. The average molecular weight is 304 g/mol. The fourth-order valence-corrected chi connectivity index (χ4v) is 2.25. The Hall–Kier alpha value is -0.880. The molecule has 1 aromatic rings. The first kappa shape index (κ1) is 14.2. The summed E-state index contributed by atoms with van der Waals surface area (Å²) in [5, 5.41) is 13.2. The average Bonchev–Trinajstić information content (AvgIpc) is 2.44. The number of carbonyl (C=O) groups is 1. The summed E-state index contributed by atoms with van der Waals surface area (Å²) in [7, 11) is 1.87. The molecule has 5 nitrogen and oxygen atoms in total. The van der Waals surface area contributed by atoms with Crippen LogP contribution in [0.2, 0.25) is 0 Å². The lowest BCUT2D eigenvalue weighted by Gasteiger charge is -2.19. The number of hydrogen-bond acceptors (Lipinski definition) is 3. The topological polar surface area (TPSA) is 58.4 Å². The van der Waals surface area contributed by atoms with E-state index in [1.54, 1.807) is 4.68 Å². The number of halogens is 1. The van der Waals surface area contributed by atoms with Gasteiger partial charge in [0.25, 0.3) is 0 Å². The highest BCUT2D eigenvalue weighted by Gasteiger charge is 2.16. The van der Waals surface area contributed by atoms with Crippen molar-refractivity contribution < 1.29 is 9.90 Å². The van der Waals surface area contributed by atoms with Gasteiger partial charge in [-0.25, -0.2) is 0 Å². The highest BCUT2D eigenvalue weighted by molar-refractivity contribution is 9.10. The summed E-state index contributed by atoms with van der Waals surface area (Å²) >= 11 is 3.49. The molecule has 0 fully saturated rings. The number of aromatic nitrogens is 2. The predicted molar refractivity (Wildman–Crippen MR) is 68.8 cm³/mol. The minimum atomic E-state index is -0.798. The van der Waals surface area contributed by atoms with E-state index in [-0.39, 0.29) is 6.54 Å². The molecule has 6 heteroatoms. The van der Waals surface area contributed by atoms with Gasteiger partial charge >= 0.3 is 5.97 Å². The molecular formula is C11H18BrN3O2. The van der Waals surface area contributed by atoms with Crippen LogP contribution in [0, 0.1) is 6.92 Å². The van der Waals surface area contributed by atoms with E-state index in [0.717, 1.165) is 28.8 Å². The first-order valence-corrected chi connectivity index (χ1v) is 6.37. The van der Waals surface area contributed by atoms with Crippen LogP contribution in [-0.4, -0.2) is 38.8 Å². The Bertz CT molecular complexity index is 404. The van der Waals surface area contributed by atoms with Crippen molar-refractivity contribution in [2.24, 2.45) is 7.05 Å². The molecule has 0 aliphatic rings. The van der Waals surface area contributed by atoms with Gasteiger partial charge in [-0.3, -0.25) is 14.4 Å². The molecule has 0 atom stereocenters. The van der Waals surface area contributed by atoms with Crippen molar-refractivity contribution >= 4 is 21.9 Å². The predicted octanol–water partition coefficient (Wildman–Crippen LogP) is 1.79. The van der Waals surface area contributed by atoms with Crippen molar-refractivity contribution in [3.8, 4) is 0 Å². The number of hydrogen-bond donors (Lipinski definition) is 1. The highest BCUT2D eigenvalue weighted by atomic mass is 79.9. The van der Waals surface area contributed by atoms with Gasteiger partial charge in [-0.2, -0.15) is 5.10 Å². The summed E-state index contributed by atoms with van der Waals surface area (Å²) in [6, 6.07) is 0. The van der Waals surface area contributed by atoms with E-state index in [1.165, 1.54) is 0 Å². The van der Waals surface area contributed by atoms with Crippen molar-refractivity contribution in [1.82, 2.24) is 14.7 Å². The zero-order valence-corrected chi connectivity index (χ0v) is 12.0. The van der Waals surface area contributed by atoms with Crippen LogP contribution < -0.4 is 0 Å². The largest absolute Gasteiger partial charge is 0.480 e. The molecule has 17 heavy (non-hydrogen) atoms. The summed E-state index contributed by atoms with van der Waals surface area (Å²) < 4.78 is 2.76. The number of aliphatic carboxylic acids is 1. The van der Waals surface area contributed by atoms with Gasteiger partial charge in [0.05, 0.1) is 22.4 Å². The standard InChI is InChI=1S/C11H18BrN3O2/c1-4-5-15(7-10(16)17)6-9-11(12)8(2)13-14(9)3/h4-7H2,1-3H3,(H,16,17). The maximum Gasteiger partial charge on any atom is 0.317 e. The van der Waals surface area contributed by atoms with E-state index < -0.39 is 5.97 Å². The Labute approximate surface area is 110 Å². The number of nitrogens with zero attached hydrogens (tertiary/aromatic N) is 3. The molecule has 0 saturated carbocycles. The summed E-state index contributed by atoms with van der Waals surface area (Å²) in [6.45, 7) is 5.39. The van der Waals surface area contributed by atoms with E-state index in [9.17, 15) is 4.79 Å². The zero-order valence-electron chi connectivity index (χ0n) is 10.4. The van der Waals surface area contributed by atoms with Gasteiger partial charge < -0.3 is 5.11 Å². The van der Waals surface area contributed by atoms with Crippen LogP contribution in [0.3, 0.4) is 0 Å². The smallest absolute Gasteiger partial charge is 0.317 e. The van der Waals surface area contributed by atoms with E-state index in [4.69, 9.17) is 5.11 Å². The maximum absolute atomic E-state index is 10.8. The molecule has 1 heterocycles. The molecule has 0 radical (unpaired) electrons. The second-order valence-corrected chi connectivity index (χ2v) is 4.87. The van der Waals surface area contributed by atoms with E-state index in [2.05, 4.69) is 21.0 Å². The molecule has 0 bridgehead atoms. The van der Waals surface area contributed by atoms with E-state index in [1.807, 2.05) is 25.8 Å². The van der Waals surface area contributed by atoms with E-state index in [0.29, 0.717) is 6.54 Å². The van der Waals surface area contributed by atoms with Gasteiger partial charge in [0.15, 0.2) is 0 Å². The van der Waals surface area contributed by atoms with E-state index >= 15 is 0 Å². The molecular weight excluding hydrogens is 286 g/mol. The van der Waals surface area contributed by atoms with Crippen molar-refractivity contribution in [2.75, 3.05) is 13.1 Å². The fraction of sp³-hybridized carbons (Fsp3) is 0.636. The lowest BCUT2D eigenvalue weighted by molar-refractivity contribution is -0.138. The van der Waals surface area contributed by atoms with Gasteiger partial charge in [-0.15, -0.1) is 0 Å². The van der Waals surface area contributed by atoms with Crippen molar-refractivity contribution in [3.05, 3.63) is 15.9 Å². The van der Waals surface area contributed by atoms with Gasteiger partial charge in [0, 0.05) is 13.6 Å². The third-order valence-corrected chi connectivity index (χ3v) is 3.57. The minimum absolute atomic E-state index is 0.0600. The van der Waals surface area contributed by atoms with Gasteiger partial charge in [-0.05, 0) is 35.8 Å². The van der Waals surface area contributed by atoms with Gasteiger partial charge in [0.2, 0.25) is 0 Å².